The molecular weight excluding hydrogens is 197 g/mol. The zero-order valence-electron chi connectivity index (χ0n) is 2.61. The summed E-state index contributed by atoms with van der Waals surface area (Å²) in [6.45, 7) is 0. The van der Waals surface area contributed by atoms with Crippen molar-refractivity contribution in [2.75, 3.05) is 0 Å². The van der Waals surface area contributed by atoms with Gasteiger partial charge in [0.1, 0.15) is 22.9 Å². The van der Waals surface area contributed by atoms with E-state index >= 15 is 0 Å². The van der Waals surface area contributed by atoms with Gasteiger partial charge in [0.15, 0.2) is 0 Å². The molecule has 0 saturated heterocycles. The topological polar surface area (TPSA) is 56.5 Å². The zero-order valence-corrected chi connectivity index (χ0v) is 4.77. The molecule has 0 aromatic carbocycles. The molecule has 0 aliphatic carbocycles. The lowest BCUT2D eigenvalue weighted by Crippen LogP contribution is -1.81. The number of rotatable bonds is 0. The highest BCUT2D eigenvalue weighted by Gasteiger charge is 1.77. The first-order valence-corrected chi connectivity index (χ1v) is 2.13. The van der Waals surface area contributed by atoms with Crippen LogP contribution in [0.2, 0.25) is 0 Å². The lowest BCUT2D eigenvalue weighted by atomic mass is 12.7. The Morgan fingerprint density at radius 2 is 1.67 bits per heavy atom. The monoisotopic (exact) mass is 197 g/mol. The van der Waals surface area contributed by atoms with E-state index in [0.29, 0.717) is 0 Å². The largest absolute Gasteiger partial charge is 0.115 e. The molecule has 0 fully saturated rings. The van der Waals surface area contributed by atoms with Crippen LogP contribution in [0, 0.1) is 0 Å². The third-order valence-electron chi connectivity index (χ3n) is 0.268. The van der Waals surface area contributed by atoms with Crippen LogP contribution in [0.15, 0.2) is 0 Å². The fourth-order valence-corrected chi connectivity index (χ4v) is 0.292. The van der Waals surface area contributed by atoms with E-state index in [1.807, 2.05) is 22.9 Å². The summed E-state index contributed by atoms with van der Waals surface area (Å²) < 4.78 is 1.25. The van der Waals surface area contributed by atoms with Crippen molar-refractivity contribution in [2.24, 2.45) is 0 Å². The van der Waals surface area contributed by atoms with E-state index in [1.54, 1.807) is 0 Å². The van der Waals surface area contributed by atoms with E-state index in [2.05, 4.69) is 20.9 Å². The molecule has 32 valence electrons. The minimum absolute atomic E-state index is 1.25. The quantitative estimate of drug-likeness (QED) is 0.514. The van der Waals surface area contributed by atoms with Gasteiger partial charge in [-0.1, -0.05) is 3.01 Å². The maximum absolute atomic E-state index is 3.35. The summed E-state index contributed by atoms with van der Waals surface area (Å²) in [5, 5.41) is 13.0. The Morgan fingerprint density at radius 3 is 1.83 bits per heavy atom. The van der Waals surface area contributed by atoms with Crippen LogP contribution in [0.1, 0.15) is 0 Å². The van der Waals surface area contributed by atoms with Crippen LogP contribution in [0.3, 0.4) is 0 Å². The average Bonchev–Trinajstić information content (AvgIpc) is 1.86. The Hall–Kier alpha value is -0.270. The molecule has 0 radical (unpaired) electrons. The minimum Gasteiger partial charge on any atom is -0.0816 e. The van der Waals surface area contributed by atoms with E-state index in [0.717, 1.165) is 0 Å². The van der Waals surface area contributed by atoms with Crippen molar-refractivity contribution in [1.29, 1.82) is 0 Å². The second-order valence-corrected chi connectivity index (χ2v) is 1.46. The van der Waals surface area contributed by atoms with Crippen molar-refractivity contribution in [3.8, 4) is 0 Å². The van der Waals surface area contributed by atoms with Gasteiger partial charge >= 0.3 is 0 Å². The molecule has 1 aromatic heterocycles. The summed E-state index contributed by atoms with van der Waals surface area (Å²) in [6, 6.07) is 0. The smallest absolute Gasteiger partial charge is 0.0816 e. The fraction of sp³-hybridized carbons (Fsp3) is 0. The van der Waals surface area contributed by atoms with Gasteiger partial charge in [-0.15, -0.1) is 0 Å². The van der Waals surface area contributed by atoms with Gasteiger partial charge in [-0.25, -0.2) is 0 Å². The maximum Gasteiger partial charge on any atom is 0.115 e. The van der Waals surface area contributed by atoms with Gasteiger partial charge < -0.3 is 0 Å². The number of nitrogens with zero attached hydrogens (tertiary/aromatic N) is 5. The van der Waals surface area contributed by atoms with Crippen LogP contribution in [0.25, 0.3) is 0 Å². The molecule has 0 spiro atoms. The minimum atomic E-state index is 1.25. The fourth-order valence-electron chi connectivity index (χ4n) is 0.120. The molecule has 6 heavy (non-hydrogen) atoms. The highest BCUT2D eigenvalue weighted by atomic mass is 127. The Kier molecular flexibility index (Phi) is 0.946. The summed E-state index contributed by atoms with van der Waals surface area (Å²) in [5.74, 6) is 0. The predicted molar refractivity (Wildman–Crippen MR) is 25.0 cm³/mol. The lowest BCUT2D eigenvalue weighted by Gasteiger charge is -1.64. The molecule has 5 nitrogen and oxygen atoms in total. The second kappa shape index (κ2) is 1.45. The van der Waals surface area contributed by atoms with Gasteiger partial charge in [-0.3, -0.25) is 0 Å². The molecule has 1 aromatic rings. The number of halogens is 1. The molecule has 0 amide bonds. The molecule has 1 rings (SSSR count). The number of hydrogen-bond donors (Lipinski definition) is 0. The number of aromatic nitrogens is 5. The van der Waals surface area contributed by atoms with Crippen LogP contribution in [-0.2, 0) is 0 Å². The molecule has 0 aliphatic heterocycles. The summed E-state index contributed by atoms with van der Waals surface area (Å²) >= 11 is 1.84. The van der Waals surface area contributed by atoms with E-state index in [4.69, 9.17) is 0 Å². The molecule has 6 heteroatoms. The van der Waals surface area contributed by atoms with Crippen LogP contribution in [0.5, 0.6) is 0 Å². The van der Waals surface area contributed by atoms with Crippen molar-refractivity contribution in [1.82, 2.24) is 23.9 Å². The lowest BCUT2D eigenvalue weighted by molar-refractivity contribution is 0.851. The second-order valence-electron chi connectivity index (χ2n) is 0.598. The summed E-state index contributed by atoms with van der Waals surface area (Å²) in [5.41, 5.74) is 0. The third kappa shape index (κ3) is 0.614. The molecule has 0 saturated carbocycles. The molecule has 0 unspecified atom stereocenters. The highest BCUT2D eigenvalue weighted by molar-refractivity contribution is 14.1. The molecule has 0 bridgehead atoms. The van der Waals surface area contributed by atoms with Crippen molar-refractivity contribution in [3.05, 3.63) is 0 Å². The van der Waals surface area contributed by atoms with E-state index in [9.17, 15) is 0 Å². The van der Waals surface area contributed by atoms with Gasteiger partial charge in [-0.05, 0) is 20.9 Å². The molecule has 0 N–H and O–H groups in total. The first-order valence-electron chi connectivity index (χ1n) is 1.17. The van der Waals surface area contributed by atoms with E-state index in [1.165, 1.54) is 3.01 Å². The predicted octanol–water partition coefficient (Wildman–Crippen LogP) is -0.734. The van der Waals surface area contributed by atoms with E-state index < -0.39 is 0 Å². The first-order chi connectivity index (χ1) is 2.89. The molecule has 1 heterocycles. The number of hydrogen-bond acceptors (Lipinski definition) is 4. The molecular formula is IN5. The maximum atomic E-state index is 3.35. The first kappa shape index (κ1) is 3.90. The van der Waals surface area contributed by atoms with Gasteiger partial charge in [-0.2, -0.15) is 0 Å². The molecule has 0 aliphatic rings. The van der Waals surface area contributed by atoms with Gasteiger partial charge in [0.2, 0.25) is 0 Å². The zero-order chi connectivity index (χ0) is 4.41. The van der Waals surface area contributed by atoms with Crippen LogP contribution >= 0.6 is 22.9 Å². The Labute approximate surface area is 47.2 Å². The van der Waals surface area contributed by atoms with Gasteiger partial charge in [0.05, 0.1) is 0 Å². The van der Waals surface area contributed by atoms with Gasteiger partial charge in [0, 0.05) is 0 Å². The van der Waals surface area contributed by atoms with Crippen molar-refractivity contribution >= 4 is 22.9 Å². The average molecular weight is 197 g/mol. The van der Waals surface area contributed by atoms with Gasteiger partial charge in [0.25, 0.3) is 0 Å². The van der Waals surface area contributed by atoms with Crippen LogP contribution in [-0.4, -0.2) is 23.9 Å². The van der Waals surface area contributed by atoms with Crippen molar-refractivity contribution in [3.63, 3.8) is 0 Å². The normalized spacial score (nSPS) is 8.83. The van der Waals surface area contributed by atoms with Crippen LogP contribution < -0.4 is 0 Å². The summed E-state index contributed by atoms with van der Waals surface area (Å²) in [7, 11) is 0. The van der Waals surface area contributed by atoms with Crippen molar-refractivity contribution in [2.45, 2.75) is 0 Å². The SMILES string of the molecule is In1nnnn1. The third-order valence-corrected chi connectivity index (χ3v) is 0.654. The Bertz CT molecular complexity index is 107. The standard InChI is InChI=1S/IN5/c1-6-4-2-3-5-6. The van der Waals surface area contributed by atoms with Crippen molar-refractivity contribution < 1.29 is 0 Å². The summed E-state index contributed by atoms with van der Waals surface area (Å²) in [6.07, 6.45) is 0. The Morgan fingerprint density at radius 1 is 1.17 bits per heavy atom. The molecule has 0 atom stereocenters. The summed E-state index contributed by atoms with van der Waals surface area (Å²) in [4.78, 5) is 0. The highest BCUT2D eigenvalue weighted by Crippen LogP contribution is 1.74. The van der Waals surface area contributed by atoms with E-state index in [-0.39, 0.29) is 0 Å². The Balaban J connectivity index is 3.05. The van der Waals surface area contributed by atoms with Crippen LogP contribution in [0.4, 0.5) is 0 Å².